The molecule has 0 aliphatic carbocycles. The summed E-state index contributed by atoms with van der Waals surface area (Å²) in [5.74, 6) is -0.447. The molecule has 0 aliphatic heterocycles. The molecule has 2 N–H and O–H groups in total. The number of aliphatic hydroxyl groups is 2. The van der Waals surface area contributed by atoms with Gasteiger partial charge in [0.05, 0.1) is 12.2 Å². The van der Waals surface area contributed by atoms with Gasteiger partial charge < -0.3 is 14.9 Å². The van der Waals surface area contributed by atoms with Crippen LogP contribution in [0.5, 0.6) is 0 Å². The number of hydrogen-bond donors (Lipinski definition) is 2. The first kappa shape index (κ1) is 12.7. The van der Waals surface area contributed by atoms with E-state index in [0.29, 0.717) is 18.4 Å². The third kappa shape index (κ3) is 4.00. The largest absolute Gasteiger partial charge is 0.456 e. The third-order valence-corrected chi connectivity index (χ3v) is 2.17. The van der Waals surface area contributed by atoms with Crippen LogP contribution in [0, 0.1) is 0 Å². The summed E-state index contributed by atoms with van der Waals surface area (Å²) in [7, 11) is 0. The summed E-state index contributed by atoms with van der Waals surface area (Å²) in [5, 5.41) is 17.6. The van der Waals surface area contributed by atoms with Crippen molar-refractivity contribution in [1.29, 1.82) is 0 Å². The molecule has 0 saturated heterocycles. The lowest BCUT2D eigenvalue weighted by Gasteiger charge is -2.14. The van der Waals surface area contributed by atoms with Gasteiger partial charge in [0.1, 0.15) is 6.10 Å². The zero-order chi connectivity index (χ0) is 11.8. The van der Waals surface area contributed by atoms with E-state index in [2.05, 4.69) is 0 Å². The number of carbonyl (C=O) groups is 1. The molecular formula is C12H16O4. The van der Waals surface area contributed by atoms with E-state index in [1.165, 1.54) is 0 Å². The Morgan fingerprint density at radius 1 is 1.25 bits per heavy atom. The molecule has 0 saturated carbocycles. The Balaban J connectivity index is 2.49. The Labute approximate surface area is 94.5 Å². The fraction of sp³-hybridized carbons (Fsp3) is 0.417. The van der Waals surface area contributed by atoms with Gasteiger partial charge in [-0.05, 0) is 25.0 Å². The normalized spacial score (nSPS) is 12.1. The van der Waals surface area contributed by atoms with Crippen LogP contribution in [0.4, 0.5) is 0 Å². The number of aliphatic hydroxyl groups excluding tert-OH is 2. The zero-order valence-electron chi connectivity index (χ0n) is 9.00. The van der Waals surface area contributed by atoms with Crippen LogP contribution in [-0.4, -0.2) is 35.5 Å². The minimum absolute atomic E-state index is 0.0272. The Kier molecular flexibility index (Phi) is 5.53. The topological polar surface area (TPSA) is 66.8 Å². The lowest BCUT2D eigenvalue weighted by atomic mass is 10.2. The molecule has 0 fully saturated rings. The van der Waals surface area contributed by atoms with Crippen molar-refractivity contribution in [2.24, 2.45) is 0 Å². The number of esters is 1. The van der Waals surface area contributed by atoms with E-state index in [1.807, 2.05) is 6.07 Å². The number of benzene rings is 1. The van der Waals surface area contributed by atoms with E-state index in [9.17, 15) is 4.79 Å². The standard InChI is InChI=1S/C12H16O4/c13-8-4-7-11(9-14)16-12(15)10-5-2-1-3-6-10/h1-3,5-6,11,13-14H,4,7-9H2. The highest BCUT2D eigenvalue weighted by Gasteiger charge is 2.14. The summed E-state index contributed by atoms with van der Waals surface area (Å²) in [6, 6.07) is 8.62. The highest BCUT2D eigenvalue weighted by molar-refractivity contribution is 5.89. The van der Waals surface area contributed by atoms with E-state index in [1.54, 1.807) is 24.3 Å². The summed E-state index contributed by atoms with van der Waals surface area (Å²) in [6.45, 7) is -0.196. The molecule has 0 aromatic heterocycles. The van der Waals surface area contributed by atoms with E-state index in [0.717, 1.165) is 0 Å². The molecule has 0 amide bonds. The van der Waals surface area contributed by atoms with Crippen molar-refractivity contribution in [1.82, 2.24) is 0 Å². The number of hydrogen-bond acceptors (Lipinski definition) is 4. The molecule has 1 aromatic carbocycles. The van der Waals surface area contributed by atoms with Crippen molar-refractivity contribution in [3.63, 3.8) is 0 Å². The molecule has 1 aromatic rings. The third-order valence-electron chi connectivity index (χ3n) is 2.17. The lowest BCUT2D eigenvalue weighted by Crippen LogP contribution is -2.22. The van der Waals surface area contributed by atoms with Gasteiger partial charge in [-0.2, -0.15) is 0 Å². The summed E-state index contributed by atoms with van der Waals surface area (Å²) in [5.41, 5.74) is 0.463. The van der Waals surface area contributed by atoms with E-state index in [-0.39, 0.29) is 13.2 Å². The van der Waals surface area contributed by atoms with Crippen LogP contribution in [0.3, 0.4) is 0 Å². The highest BCUT2D eigenvalue weighted by Crippen LogP contribution is 2.07. The van der Waals surface area contributed by atoms with Gasteiger partial charge in [-0.25, -0.2) is 4.79 Å². The zero-order valence-corrected chi connectivity index (χ0v) is 9.00. The smallest absolute Gasteiger partial charge is 0.338 e. The maximum Gasteiger partial charge on any atom is 0.338 e. The number of rotatable bonds is 6. The molecule has 4 heteroatoms. The van der Waals surface area contributed by atoms with Crippen molar-refractivity contribution < 1.29 is 19.7 Å². The molecule has 0 spiro atoms. The summed E-state index contributed by atoms with van der Waals surface area (Å²) in [6.07, 6.45) is 0.429. The van der Waals surface area contributed by atoms with Crippen molar-refractivity contribution in [3.8, 4) is 0 Å². The van der Waals surface area contributed by atoms with Crippen LogP contribution in [0.15, 0.2) is 30.3 Å². The van der Waals surface area contributed by atoms with Crippen LogP contribution in [-0.2, 0) is 4.74 Å². The van der Waals surface area contributed by atoms with Crippen molar-refractivity contribution in [2.75, 3.05) is 13.2 Å². The Morgan fingerprint density at radius 2 is 1.94 bits per heavy atom. The van der Waals surface area contributed by atoms with Gasteiger partial charge in [0.15, 0.2) is 0 Å². The van der Waals surface area contributed by atoms with Gasteiger partial charge in [-0.15, -0.1) is 0 Å². The Bertz CT molecular complexity index is 310. The Hall–Kier alpha value is -1.39. The van der Waals surface area contributed by atoms with Crippen LogP contribution >= 0.6 is 0 Å². The highest BCUT2D eigenvalue weighted by atomic mass is 16.6. The molecule has 0 bridgehead atoms. The van der Waals surface area contributed by atoms with Crippen LogP contribution in [0.1, 0.15) is 23.2 Å². The molecule has 4 nitrogen and oxygen atoms in total. The second-order valence-corrected chi connectivity index (χ2v) is 3.44. The van der Waals surface area contributed by atoms with Crippen molar-refractivity contribution in [2.45, 2.75) is 18.9 Å². The van der Waals surface area contributed by atoms with Gasteiger partial charge in [-0.1, -0.05) is 18.2 Å². The first-order chi connectivity index (χ1) is 7.77. The maximum absolute atomic E-state index is 11.6. The molecule has 1 atom stereocenters. The second kappa shape index (κ2) is 6.98. The average Bonchev–Trinajstić information content (AvgIpc) is 2.35. The van der Waals surface area contributed by atoms with Gasteiger partial charge >= 0.3 is 5.97 Å². The van der Waals surface area contributed by atoms with E-state index in [4.69, 9.17) is 14.9 Å². The molecule has 0 heterocycles. The number of ether oxygens (including phenoxy) is 1. The summed E-state index contributed by atoms with van der Waals surface area (Å²) >= 11 is 0. The van der Waals surface area contributed by atoms with Crippen LogP contribution in [0.2, 0.25) is 0 Å². The minimum atomic E-state index is -0.542. The lowest BCUT2D eigenvalue weighted by molar-refractivity contribution is 0.00958. The van der Waals surface area contributed by atoms with E-state index < -0.39 is 12.1 Å². The second-order valence-electron chi connectivity index (χ2n) is 3.44. The molecule has 1 unspecified atom stereocenters. The van der Waals surface area contributed by atoms with Crippen molar-refractivity contribution >= 4 is 5.97 Å². The SMILES string of the molecule is O=C(OC(CO)CCCO)c1ccccc1. The predicted octanol–water partition coefficient (Wildman–Crippen LogP) is 0.977. The quantitative estimate of drug-likeness (QED) is 0.707. The van der Waals surface area contributed by atoms with Gasteiger partial charge in [0.2, 0.25) is 0 Å². The molecule has 88 valence electrons. The summed E-state index contributed by atoms with van der Waals surface area (Å²) in [4.78, 5) is 11.6. The summed E-state index contributed by atoms with van der Waals surface area (Å²) < 4.78 is 5.09. The molecule has 0 aliphatic rings. The molecular weight excluding hydrogens is 208 g/mol. The van der Waals surface area contributed by atoms with Gasteiger partial charge in [0.25, 0.3) is 0 Å². The number of carbonyl (C=O) groups excluding carboxylic acids is 1. The fourth-order valence-corrected chi connectivity index (χ4v) is 1.30. The Morgan fingerprint density at radius 3 is 2.50 bits per heavy atom. The fourth-order valence-electron chi connectivity index (χ4n) is 1.30. The van der Waals surface area contributed by atoms with Gasteiger partial charge in [0, 0.05) is 6.61 Å². The van der Waals surface area contributed by atoms with Crippen LogP contribution < -0.4 is 0 Å². The molecule has 0 radical (unpaired) electrons. The monoisotopic (exact) mass is 224 g/mol. The maximum atomic E-state index is 11.6. The van der Waals surface area contributed by atoms with Gasteiger partial charge in [-0.3, -0.25) is 0 Å². The first-order valence-electron chi connectivity index (χ1n) is 5.25. The molecule has 16 heavy (non-hydrogen) atoms. The van der Waals surface area contributed by atoms with Crippen molar-refractivity contribution in [3.05, 3.63) is 35.9 Å². The average molecular weight is 224 g/mol. The predicted molar refractivity (Wildman–Crippen MR) is 59.1 cm³/mol. The molecule has 1 rings (SSSR count). The van der Waals surface area contributed by atoms with E-state index >= 15 is 0 Å². The first-order valence-corrected chi connectivity index (χ1v) is 5.25. The van der Waals surface area contributed by atoms with Crippen LogP contribution in [0.25, 0.3) is 0 Å². The minimum Gasteiger partial charge on any atom is -0.456 e.